The molecule has 1 aromatic carbocycles. The minimum atomic E-state index is 0.172. The molecule has 0 aromatic heterocycles. The molecule has 1 N–H and O–H groups in total. The van der Waals surface area contributed by atoms with Gasteiger partial charge in [-0.3, -0.25) is 0 Å². The molecule has 116 valence electrons. The number of rotatable bonds is 3. The van der Waals surface area contributed by atoms with Crippen molar-refractivity contribution in [2.45, 2.75) is 71.0 Å². The van der Waals surface area contributed by atoms with Crippen LogP contribution in [-0.2, 0) is 6.54 Å². The van der Waals surface area contributed by atoms with Crippen molar-refractivity contribution >= 4 is 5.69 Å². The van der Waals surface area contributed by atoms with Gasteiger partial charge in [0.15, 0.2) is 0 Å². The van der Waals surface area contributed by atoms with Crippen molar-refractivity contribution in [3.8, 4) is 0 Å². The average Bonchev–Trinajstić information content (AvgIpc) is 2.93. The first kappa shape index (κ1) is 14.9. The highest BCUT2D eigenvalue weighted by atomic mass is 15.2. The molecule has 1 aliphatic heterocycles. The predicted molar refractivity (Wildman–Crippen MR) is 90.7 cm³/mol. The van der Waals surface area contributed by atoms with Crippen LogP contribution in [0.2, 0.25) is 0 Å². The van der Waals surface area contributed by atoms with Crippen LogP contribution in [0, 0.1) is 5.92 Å². The average molecular weight is 286 g/mol. The SMILES string of the molecule is CC(C)(C)NCc1ccccc1N1CCCC2CCCC21. The summed E-state index contributed by atoms with van der Waals surface area (Å²) in [7, 11) is 0. The summed E-state index contributed by atoms with van der Waals surface area (Å²) < 4.78 is 0. The molecule has 3 rings (SSSR count). The number of fused-ring (bicyclic) bond motifs is 1. The van der Waals surface area contributed by atoms with Gasteiger partial charge >= 0.3 is 0 Å². The Labute approximate surface area is 129 Å². The molecule has 0 radical (unpaired) electrons. The monoisotopic (exact) mass is 286 g/mol. The first-order chi connectivity index (χ1) is 10.0. The lowest BCUT2D eigenvalue weighted by molar-refractivity contribution is 0.361. The summed E-state index contributed by atoms with van der Waals surface area (Å²) in [6, 6.07) is 9.82. The number of para-hydroxylation sites is 1. The smallest absolute Gasteiger partial charge is 0.0414 e. The minimum Gasteiger partial charge on any atom is -0.368 e. The fraction of sp³-hybridized carbons (Fsp3) is 0.684. The Morgan fingerprint density at radius 1 is 1.10 bits per heavy atom. The zero-order valence-corrected chi connectivity index (χ0v) is 13.9. The molecule has 1 saturated heterocycles. The fourth-order valence-electron chi connectivity index (χ4n) is 4.05. The van der Waals surface area contributed by atoms with Crippen molar-refractivity contribution in [1.82, 2.24) is 5.32 Å². The lowest BCUT2D eigenvalue weighted by atomic mass is 9.91. The second kappa shape index (κ2) is 6.00. The highest BCUT2D eigenvalue weighted by Crippen LogP contribution is 2.40. The molecular formula is C19H30N2. The quantitative estimate of drug-likeness (QED) is 0.889. The molecule has 21 heavy (non-hydrogen) atoms. The van der Waals surface area contributed by atoms with Crippen LogP contribution >= 0.6 is 0 Å². The van der Waals surface area contributed by atoms with Gasteiger partial charge in [0.25, 0.3) is 0 Å². The maximum Gasteiger partial charge on any atom is 0.0414 e. The maximum absolute atomic E-state index is 3.65. The highest BCUT2D eigenvalue weighted by Gasteiger charge is 2.35. The molecule has 0 amide bonds. The van der Waals surface area contributed by atoms with E-state index in [9.17, 15) is 0 Å². The summed E-state index contributed by atoms with van der Waals surface area (Å²) in [4.78, 5) is 2.72. The topological polar surface area (TPSA) is 15.3 Å². The molecule has 2 aliphatic rings. The lowest BCUT2D eigenvalue weighted by Crippen LogP contribution is -2.43. The maximum atomic E-state index is 3.65. The Balaban J connectivity index is 1.81. The molecule has 0 bridgehead atoms. The van der Waals surface area contributed by atoms with E-state index in [4.69, 9.17) is 0 Å². The Morgan fingerprint density at radius 2 is 1.86 bits per heavy atom. The summed E-state index contributed by atoms with van der Waals surface area (Å²) in [6.07, 6.45) is 7.08. The largest absolute Gasteiger partial charge is 0.368 e. The summed E-state index contributed by atoms with van der Waals surface area (Å²) in [5, 5.41) is 3.65. The van der Waals surface area contributed by atoms with Gasteiger partial charge in [0.1, 0.15) is 0 Å². The lowest BCUT2D eigenvalue weighted by Gasteiger charge is -2.40. The van der Waals surface area contributed by atoms with Crippen molar-refractivity contribution in [2.75, 3.05) is 11.4 Å². The van der Waals surface area contributed by atoms with Gasteiger partial charge in [-0.2, -0.15) is 0 Å². The molecule has 2 fully saturated rings. The number of anilines is 1. The van der Waals surface area contributed by atoms with Crippen LogP contribution in [0.1, 0.15) is 58.4 Å². The summed E-state index contributed by atoms with van der Waals surface area (Å²) in [5.74, 6) is 0.947. The van der Waals surface area contributed by atoms with Crippen molar-refractivity contribution in [3.63, 3.8) is 0 Å². The van der Waals surface area contributed by atoms with Crippen LogP contribution in [0.15, 0.2) is 24.3 Å². The van der Waals surface area contributed by atoms with E-state index >= 15 is 0 Å². The van der Waals surface area contributed by atoms with Gasteiger partial charge in [-0.05, 0) is 64.0 Å². The minimum absolute atomic E-state index is 0.172. The van der Waals surface area contributed by atoms with Crippen LogP contribution in [0.3, 0.4) is 0 Å². The molecule has 2 heteroatoms. The zero-order chi connectivity index (χ0) is 14.9. The van der Waals surface area contributed by atoms with E-state index < -0.39 is 0 Å². The van der Waals surface area contributed by atoms with Gasteiger partial charge in [0.2, 0.25) is 0 Å². The fourth-order valence-corrected chi connectivity index (χ4v) is 4.05. The summed E-state index contributed by atoms with van der Waals surface area (Å²) in [6.45, 7) is 8.93. The number of nitrogens with zero attached hydrogens (tertiary/aromatic N) is 1. The molecule has 1 aliphatic carbocycles. The molecule has 2 nitrogen and oxygen atoms in total. The predicted octanol–water partition coefficient (Wildman–Crippen LogP) is 4.34. The molecule has 0 spiro atoms. The number of nitrogens with one attached hydrogen (secondary N) is 1. The second-order valence-corrected chi connectivity index (χ2v) is 7.83. The van der Waals surface area contributed by atoms with Gasteiger partial charge in [-0.15, -0.1) is 0 Å². The zero-order valence-electron chi connectivity index (χ0n) is 13.9. The third kappa shape index (κ3) is 3.42. The van der Waals surface area contributed by atoms with E-state index in [2.05, 4.69) is 55.3 Å². The van der Waals surface area contributed by atoms with E-state index in [-0.39, 0.29) is 5.54 Å². The molecule has 2 atom stereocenters. The Kier molecular flexibility index (Phi) is 4.26. The van der Waals surface area contributed by atoms with E-state index in [1.807, 2.05) is 0 Å². The van der Waals surface area contributed by atoms with Gasteiger partial charge in [-0.25, -0.2) is 0 Å². The van der Waals surface area contributed by atoms with Gasteiger partial charge in [0.05, 0.1) is 0 Å². The van der Waals surface area contributed by atoms with E-state index in [1.165, 1.54) is 49.9 Å². The van der Waals surface area contributed by atoms with Crippen LogP contribution in [0.4, 0.5) is 5.69 Å². The van der Waals surface area contributed by atoms with E-state index in [1.54, 1.807) is 0 Å². The number of benzene rings is 1. The van der Waals surface area contributed by atoms with E-state index in [0.717, 1.165) is 18.5 Å². The van der Waals surface area contributed by atoms with Gasteiger partial charge in [-0.1, -0.05) is 24.6 Å². The first-order valence-electron chi connectivity index (χ1n) is 8.64. The van der Waals surface area contributed by atoms with Crippen LogP contribution < -0.4 is 10.2 Å². The van der Waals surface area contributed by atoms with Gasteiger partial charge in [0, 0.05) is 30.4 Å². The highest BCUT2D eigenvalue weighted by molar-refractivity contribution is 5.55. The molecule has 1 heterocycles. The van der Waals surface area contributed by atoms with Crippen molar-refractivity contribution in [3.05, 3.63) is 29.8 Å². The Morgan fingerprint density at radius 3 is 2.67 bits per heavy atom. The third-order valence-electron chi connectivity index (χ3n) is 5.10. The normalized spacial score (nSPS) is 26.0. The van der Waals surface area contributed by atoms with Gasteiger partial charge < -0.3 is 10.2 Å². The van der Waals surface area contributed by atoms with Crippen LogP contribution in [0.25, 0.3) is 0 Å². The van der Waals surface area contributed by atoms with Crippen LogP contribution in [0.5, 0.6) is 0 Å². The number of hydrogen-bond donors (Lipinski definition) is 1. The van der Waals surface area contributed by atoms with Crippen LogP contribution in [-0.4, -0.2) is 18.1 Å². The van der Waals surface area contributed by atoms with Crippen molar-refractivity contribution < 1.29 is 0 Å². The summed E-state index contributed by atoms with van der Waals surface area (Å²) in [5.41, 5.74) is 3.11. The Hall–Kier alpha value is -1.02. The van der Waals surface area contributed by atoms with Crippen molar-refractivity contribution in [1.29, 1.82) is 0 Å². The first-order valence-corrected chi connectivity index (χ1v) is 8.64. The number of piperidine rings is 1. The molecule has 1 saturated carbocycles. The number of hydrogen-bond acceptors (Lipinski definition) is 2. The third-order valence-corrected chi connectivity index (χ3v) is 5.10. The van der Waals surface area contributed by atoms with Crippen molar-refractivity contribution in [2.24, 2.45) is 5.92 Å². The second-order valence-electron chi connectivity index (χ2n) is 7.83. The standard InChI is InChI=1S/C19H30N2/c1-19(2,3)20-14-16-8-4-5-11-18(16)21-13-7-10-15-9-6-12-17(15)21/h4-5,8,11,15,17,20H,6-7,9-10,12-14H2,1-3H3. The van der Waals surface area contributed by atoms with E-state index in [0.29, 0.717) is 0 Å². The molecule has 1 aromatic rings. The summed E-state index contributed by atoms with van der Waals surface area (Å²) >= 11 is 0. The molecular weight excluding hydrogens is 256 g/mol. The molecule has 2 unspecified atom stereocenters. The Bertz CT molecular complexity index is 475.